The lowest BCUT2D eigenvalue weighted by Gasteiger charge is -2.37. The van der Waals surface area contributed by atoms with E-state index in [4.69, 9.17) is 0 Å². The smallest absolute Gasteiger partial charge is 0.344 e. The number of nitro benzene ring substituents is 1. The molecule has 0 aliphatic carbocycles. The fourth-order valence-electron chi connectivity index (χ4n) is 4.34. The molecule has 2 unspecified atom stereocenters. The second kappa shape index (κ2) is 10.8. The van der Waals surface area contributed by atoms with E-state index in [0.717, 1.165) is 10.1 Å². The van der Waals surface area contributed by atoms with E-state index in [1.807, 2.05) is 30.3 Å². The third-order valence-corrected chi connectivity index (χ3v) is 7.20. The molecule has 36 heavy (non-hydrogen) atoms. The number of rotatable bonds is 10. The lowest BCUT2D eigenvalue weighted by Crippen LogP contribution is -2.47. The van der Waals surface area contributed by atoms with Crippen LogP contribution in [-0.2, 0) is 4.79 Å². The van der Waals surface area contributed by atoms with Gasteiger partial charge in [0.2, 0.25) is 0 Å². The van der Waals surface area contributed by atoms with Gasteiger partial charge in [-0.3, -0.25) is 19.7 Å². The van der Waals surface area contributed by atoms with E-state index in [9.17, 15) is 29.6 Å². The maximum Gasteiger partial charge on any atom is 0.344 e. The first kappa shape index (κ1) is 25.1. The van der Waals surface area contributed by atoms with Crippen molar-refractivity contribution in [3.05, 3.63) is 75.2 Å². The normalized spacial score (nSPS) is 17.8. The average molecular weight is 509 g/mol. The number of nitrogens with one attached hydrogen (secondary N) is 1. The minimum Gasteiger partial charge on any atom is -0.481 e. The van der Waals surface area contributed by atoms with Gasteiger partial charge in [-0.15, -0.1) is 11.3 Å². The van der Waals surface area contributed by atoms with Crippen LogP contribution in [0.1, 0.15) is 34.6 Å². The summed E-state index contributed by atoms with van der Waals surface area (Å²) in [6, 6.07) is 13.8. The Morgan fingerprint density at radius 3 is 2.69 bits per heavy atom. The van der Waals surface area contributed by atoms with Gasteiger partial charge in [-0.2, -0.15) is 0 Å². The first-order chi connectivity index (χ1) is 17.3. The van der Waals surface area contributed by atoms with E-state index in [1.165, 1.54) is 41.4 Å². The van der Waals surface area contributed by atoms with Gasteiger partial charge in [0, 0.05) is 29.1 Å². The van der Waals surface area contributed by atoms with E-state index in [-0.39, 0.29) is 30.3 Å². The highest BCUT2D eigenvalue weighted by molar-refractivity contribution is 7.20. The van der Waals surface area contributed by atoms with Crippen molar-refractivity contribution in [2.45, 2.75) is 19.4 Å². The van der Waals surface area contributed by atoms with Crippen molar-refractivity contribution in [3.63, 3.8) is 0 Å². The highest BCUT2D eigenvalue weighted by Crippen LogP contribution is 2.35. The summed E-state index contributed by atoms with van der Waals surface area (Å²) < 4.78 is 1.04. The van der Waals surface area contributed by atoms with Crippen molar-refractivity contribution in [1.82, 2.24) is 10.2 Å². The Hall–Kier alpha value is -3.96. The number of carbonyl (C=O) groups excluding carboxylic acids is 2. The molecule has 4 rings (SSSR count). The number of benzene rings is 2. The number of fused-ring (bicyclic) bond motifs is 1. The summed E-state index contributed by atoms with van der Waals surface area (Å²) >= 11 is 1.44. The molecule has 1 aliphatic heterocycles. The molecule has 0 saturated carbocycles. The maximum absolute atomic E-state index is 12.8. The number of amides is 2. The van der Waals surface area contributed by atoms with E-state index in [2.05, 4.69) is 10.3 Å². The number of nitro groups is 1. The van der Waals surface area contributed by atoms with Gasteiger partial charge in [-0.25, -0.2) is 9.79 Å². The van der Waals surface area contributed by atoms with Crippen molar-refractivity contribution in [2.75, 3.05) is 19.6 Å². The van der Waals surface area contributed by atoms with Crippen LogP contribution in [0.4, 0.5) is 10.5 Å². The highest BCUT2D eigenvalue weighted by atomic mass is 32.1. The van der Waals surface area contributed by atoms with Crippen LogP contribution in [0, 0.1) is 16.0 Å². The summed E-state index contributed by atoms with van der Waals surface area (Å²) in [4.78, 5) is 54.0. The Morgan fingerprint density at radius 2 is 1.97 bits per heavy atom. The Kier molecular flexibility index (Phi) is 7.51. The number of hydrogen-bond acceptors (Lipinski definition) is 7. The van der Waals surface area contributed by atoms with E-state index in [0.29, 0.717) is 23.4 Å². The van der Waals surface area contributed by atoms with Crippen molar-refractivity contribution >= 4 is 50.6 Å². The number of ketones is 1. The van der Waals surface area contributed by atoms with Crippen LogP contribution in [0.15, 0.2) is 59.6 Å². The number of Topliss-reactive ketones (excluding diaryl/α,β-unsaturated/α-hetero) is 1. The van der Waals surface area contributed by atoms with Crippen molar-refractivity contribution in [1.29, 1.82) is 0 Å². The number of urea groups is 1. The standard InChI is InChI=1S/C25H24N4O6S/c1-15-22(24(31)32)23(17-7-4-8-18(12-17)29(34)35)28(25(33)27-15)11-5-10-26-14-19(30)21-13-16-6-2-3-9-20(16)36-21/h2-4,6-9,12-13,22-23,26H,5,10-11,14H2,1H3,(H,31,32). The second-order valence-corrected chi connectivity index (χ2v) is 9.53. The SMILES string of the molecule is CC1=NC(=O)N(CCCNCC(=O)c2cc3ccccc3s2)C(c2cccc([N+](=O)[O-])c2)C1C(=O)O. The number of nitrogens with zero attached hydrogens (tertiary/aromatic N) is 3. The summed E-state index contributed by atoms with van der Waals surface area (Å²) in [5, 5.41) is 25.2. The Labute approximate surface area is 210 Å². The summed E-state index contributed by atoms with van der Waals surface area (Å²) in [6.07, 6.45) is 0.428. The average Bonchev–Trinajstić information content (AvgIpc) is 3.29. The van der Waals surface area contributed by atoms with Gasteiger partial charge in [0.1, 0.15) is 5.92 Å². The van der Waals surface area contributed by atoms with Gasteiger partial charge in [0.25, 0.3) is 5.69 Å². The lowest BCUT2D eigenvalue weighted by atomic mass is 9.86. The van der Waals surface area contributed by atoms with Crippen LogP contribution in [-0.4, -0.2) is 58.1 Å². The molecule has 0 fully saturated rings. The number of aliphatic carboxylic acids is 1. The van der Waals surface area contributed by atoms with Gasteiger partial charge in [-0.05, 0) is 43.0 Å². The molecule has 186 valence electrons. The fourth-order valence-corrected chi connectivity index (χ4v) is 5.34. The highest BCUT2D eigenvalue weighted by Gasteiger charge is 2.42. The number of thiophene rings is 1. The molecule has 0 bridgehead atoms. The number of carboxylic acids is 1. The molecule has 2 atom stereocenters. The van der Waals surface area contributed by atoms with E-state index < -0.39 is 28.9 Å². The summed E-state index contributed by atoms with van der Waals surface area (Å²) in [5.74, 6) is -2.34. The van der Waals surface area contributed by atoms with Crippen molar-refractivity contribution in [3.8, 4) is 0 Å². The van der Waals surface area contributed by atoms with Crippen LogP contribution in [0.25, 0.3) is 10.1 Å². The van der Waals surface area contributed by atoms with Crippen LogP contribution < -0.4 is 5.32 Å². The summed E-state index contributed by atoms with van der Waals surface area (Å²) in [7, 11) is 0. The largest absolute Gasteiger partial charge is 0.481 e. The summed E-state index contributed by atoms with van der Waals surface area (Å²) in [5.41, 5.74) is 0.310. The van der Waals surface area contributed by atoms with Gasteiger partial charge >= 0.3 is 12.0 Å². The zero-order valence-corrected chi connectivity index (χ0v) is 20.2. The minimum absolute atomic E-state index is 0.0362. The fraction of sp³-hybridized carbons (Fsp3) is 0.280. The molecule has 3 aromatic rings. The predicted molar refractivity (Wildman–Crippen MR) is 136 cm³/mol. The maximum atomic E-state index is 12.8. The van der Waals surface area contributed by atoms with Crippen LogP contribution in [0.3, 0.4) is 0 Å². The Morgan fingerprint density at radius 1 is 1.19 bits per heavy atom. The molecular formula is C25H24N4O6S. The molecule has 2 amide bonds. The first-order valence-corrected chi connectivity index (χ1v) is 12.1. The number of carbonyl (C=O) groups is 3. The molecule has 0 spiro atoms. The zero-order valence-electron chi connectivity index (χ0n) is 19.4. The lowest BCUT2D eigenvalue weighted by molar-refractivity contribution is -0.385. The predicted octanol–water partition coefficient (Wildman–Crippen LogP) is 4.31. The van der Waals surface area contributed by atoms with Gasteiger partial charge in [-0.1, -0.05) is 30.3 Å². The molecular weight excluding hydrogens is 484 g/mol. The minimum atomic E-state index is -1.17. The number of non-ortho nitro benzene ring substituents is 1. The van der Waals surface area contributed by atoms with Gasteiger partial charge < -0.3 is 15.3 Å². The van der Waals surface area contributed by atoms with E-state index >= 15 is 0 Å². The number of hydrogen-bond donors (Lipinski definition) is 2. The van der Waals surface area contributed by atoms with Crippen LogP contribution in [0.2, 0.25) is 0 Å². The second-order valence-electron chi connectivity index (χ2n) is 8.44. The van der Waals surface area contributed by atoms with Crippen molar-refractivity contribution < 1.29 is 24.4 Å². The molecule has 1 aliphatic rings. The molecule has 2 N–H and O–H groups in total. The molecule has 0 saturated heterocycles. The third kappa shape index (κ3) is 5.31. The monoisotopic (exact) mass is 508 g/mol. The van der Waals surface area contributed by atoms with E-state index in [1.54, 1.807) is 6.07 Å². The van der Waals surface area contributed by atoms with Crippen molar-refractivity contribution in [2.24, 2.45) is 10.9 Å². The van der Waals surface area contributed by atoms with Gasteiger partial charge in [0.15, 0.2) is 5.78 Å². The molecule has 0 radical (unpaired) electrons. The molecule has 10 nitrogen and oxygen atoms in total. The quantitative estimate of drug-likeness (QED) is 0.180. The molecule has 1 aromatic heterocycles. The zero-order chi connectivity index (χ0) is 25.8. The molecule has 2 aromatic carbocycles. The third-order valence-electron chi connectivity index (χ3n) is 6.05. The molecule has 11 heteroatoms. The van der Waals surface area contributed by atoms with Crippen LogP contribution >= 0.6 is 11.3 Å². The topological polar surface area (TPSA) is 142 Å². The number of carboxylic acid groups (broad SMARTS) is 1. The summed E-state index contributed by atoms with van der Waals surface area (Å²) in [6.45, 7) is 2.17. The molecule has 2 heterocycles. The Balaban J connectivity index is 1.43. The number of aliphatic imine (C=N–C) groups is 1. The first-order valence-electron chi connectivity index (χ1n) is 11.3. The van der Waals surface area contributed by atoms with Gasteiger partial charge in [0.05, 0.1) is 22.4 Å². The Bertz CT molecular complexity index is 1330. The van der Waals surface area contributed by atoms with Crippen LogP contribution in [0.5, 0.6) is 0 Å².